The molecule has 2 rings (SSSR count). The van der Waals surface area contributed by atoms with Gasteiger partial charge in [-0.05, 0) is 25.2 Å². The average Bonchev–Trinajstić information content (AvgIpc) is 2.38. The van der Waals surface area contributed by atoms with Gasteiger partial charge in [0.15, 0.2) is 0 Å². The van der Waals surface area contributed by atoms with Gasteiger partial charge in [-0.1, -0.05) is 17.7 Å². The van der Waals surface area contributed by atoms with Crippen LogP contribution in [-0.2, 0) is 0 Å². The molecule has 1 unspecified atom stereocenters. The Labute approximate surface area is 112 Å². The maximum Gasteiger partial charge on any atom is 0.254 e. The van der Waals surface area contributed by atoms with Gasteiger partial charge in [0.05, 0.1) is 0 Å². The zero-order chi connectivity index (χ0) is 13.1. The number of nitrogens with two attached hydrogens (primary N) is 1. The van der Waals surface area contributed by atoms with Crippen LogP contribution in [-0.4, -0.2) is 55.0 Å². The molecule has 2 N–H and O–H groups in total. The summed E-state index contributed by atoms with van der Waals surface area (Å²) in [5.74, 6) is 0.0315. The number of hydrogen-bond donors (Lipinski definition) is 1. The van der Waals surface area contributed by atoms with E-state index in [4.69, 9.17) is 17.3 Å². The Balaban J connectivity index is 2.10. The van der Waals surface area contributed by atoms with Gasteiger partial charge in [-0.15, -0.1) is 0 Å². The first-order valence-corrected chi connectivity index (χ1v) is 6.44. The molecule has 1 amide bonds. The highest BCUT2D eigenvalue weighted by molar-refractivity contribution is 6.30. The molecule has 18 heavy (non-hydrogen) atoms. The summed E-state index contributed by atoms with van der Waals surface area (Å²) in [7, 11) is 2.04. The molecule has 1 fully saturated rings. The molecule has 0 saturated carbocycles. The van der Waals surface area contributed by atoms with E-state index in [0.29, 0.717) is 23.7 Å². The molecular weight excluding hydrogens is 250 g/mol. The Morgan fingerprint density at radius 3 is 2.94 bits per heavy atom. The first-order valence-electron chi connectivity index (χ1n) is 6.07. The predicted octanol–water partition coefficient (Wildman–Crippen LogP) is 1.05. The molecule has 1 aliphatic heterocycles. The highest BCUT2D eigenvalue weighted by Crippen LogP contribution is 2.15. The molecule has 0 spiro atoms. The Bertz CT molecular complexity index is 438. The van der Waals surface area contributed by atoms with E-state index >= 15 is 0 Å². The van der Waals surface area contributed by atoms with Crippen LogP contribution in [0.15, 0.2) is 24.3 Å². The lowest BCUT2D eigenvalue weighted by molar-refractivity contribution is 0.0560. The fourth-order valence-electron chi connectivity index (χ4n) is 2.19. The van der Waals surface area contributed by atoms with E-state index in [1.165, 1.54) is 0 Å². The fourth-order valence-corrected chi connectivity index (χ4v) is 2.38. The minimum atomic E-state index is 0.0315. The lowest BCUT2D eigenvalue weighted by Crippen LogP contribution is -2.55. The van der Waals surface area contributed by atoms with Crippen molar-refractivity contribution in [1.82, 2.24) is 9.80 Å². The van der Waals surface area contributed by atoms with Crippen LogP contribution in [0.2, 0.25) is 5.02 Å². The van der Waals surface area contributed by atoms with E-state index in [2.05, 4.69) is 4.90 Å². The van der Waals surface area contributed by atoms with Crippen molar-refractivity contribution >= 4 is 17.5 Å². The lowest BCUT2D eigenvalue weighted by Gasteiger charge is -2.39. The number of halogens is 1. The topological polar surface area (TPSA) is 49.6 Å². The number of carbonyl (C=O) groups excluding carboxylic acids is 1. The van der Waals surface area contributed by atoms with Gasteiger partial charge in [-0.25, -0.2) is 0 Å². The van der Waals surface area contributed by atoms with Crippen molar-refractivity contribution in [3.05, 3.63) is 34.9 Å². The number of hydrogen-bond acceptors (Lipinski definition) is 3. The molecule has 1 aromatic carbocycles. The van der Waals surface area contributed by atoms with E-state index in [1.807, 2.05) is 11.9 Å². The number of benzene rings is 1. The highest BCUT2D eigenvalue weighted by Gasteiger charge is 2.26. The molecule has 1 atom stereocenters. The van der Waals surface area contributed by atoms with E-state index in [0.717, 1.165) is 13.1 Å². The van der Waals surface area contributed by atoms with Gasteiger partial charge >= 0.3 is 0 Å². The van der Waals surface area contributed by atoms with Crippen molar-refractivity contribution < 1.29 is 4.79 Å². The molecule has 1 aliphatic rings. The SMILES string of the molecule is CN1CCN(C(=O)c2cccc(Cl)c2)CC1CN. The zero-order valence-corrected chi connectivity index (χ0v) is 11.2. The average molecular weight is 268 g/mol. The van der Waals surface area contributed by atoms with Gasteiger partial charge in [-0.2, -0.15) is 0 Å². The van der Waals surface area contributed by atoms with Crippen molar-refractivity contribution in [3.63, 3.8) is 0 Å². The van der Waals surface area contributed by atoms with Crippen molar-refractivity contribution in [2.45, 2.75) is 6.04 Å². The van der Waals surface area contributed by atoms with Crippen LogP contribution in [0.4, 0.5) is 0 Å². The molecule has 4 nitrogen and oxygen atoms in total. The van der Waals surface area contributed by atoms with Crippen molar-refractivity contribution in [3.8, 4) is 0 Å². The van der Waals surface area contributed by atoms with Crippen molar-refractivity contribution in [2.24, 2.45) is 5.73 Å². The van der Waals surface area contributed by atoms with E-state index in [-0.39, 0.29) is 11.9 Å². The molecule has 0 aromatic heterocycles. The summed E-state index contributed by atoms with van der Waals surface area (Å²) in [5.41, 5.74) is 6.36. The zero-order valence-electron chi connectivity index (χ0n) is 10.5. The Hall–Kier alpha value is -1.10. The van der Waals surface area contributed by atoms with Gasteiger partial charge in [0.2, 0.25) is 0 Å². The Morgan fingerprint density at radius 1 is 1.50 bits per heavy atom. The highest BCUT2D eigenvalue weighted by atomic mass is 35.5. The molecule has 1 heterocycles. The maximum absolute atomic E-state index is 12.3. The third kappa shape index (κ3) is 2.83. The summed E-state index contributed by atoms with van der Waals surface area (Å²) in [4.78, 5) is 16.4. The largest absolute Gasteiger partial charge is 0.336 e. The molecule has 1 saturated heterocycles. The summed E-state index contributed by atoms with van der Waals surface area (Å²) >= 11 is 5.91. The van der Waals surface area contributed by atoms with E-state index in [9.17, 15) is 4.79 Å². The summed E-state index contributed by atoms with van der Waals surface area (Å²) in [6, 6.07) is 7.31. The molecular formula is C13H18ClN3O. The van der Waals surface area contributed by atoms with Crippen LogP contribution >= 0.6 is 11.6 Å². The quantitative estimate of drug-likeness (QED) is 0.872. The molecule has 0 radical (unpaired) electrons. The minimum absolute atomic E-state index is 0.0315. The van der Waals surface area contributed by atoms with Crippen LogP contribution in [0.1, 0.15) is 10.4 Å². The summed E-state index contributed by atoms with van der Waals surface area (Å²) < 4.78 is 0. The number of piperazine rings is 1. The van der Waals surface area contributed by atoms with Crippen LogP contribution in [0.5, 0.6) is 0 Å². The number of carbonyl (C=O) groups is 1. The molecule has 0 aliphatic carbocycles. The summed E-state index contributed by atoms with van der Waals surface area (Å²) in [6.07, 6.45) is 0. The van der Waals surface area contributed by atoms with Crippen LogP contribution in [0.3, 0.4) is 0 Å². The second-order valence-electron chi connectivity index (χ2n) is 4.63. The second kappa shape index (κ2) is 5.69. The van der Waals surface area contributed by atoms with Gasteiger partial charge < -0.3 is 10.6 Å². The third-order valence-corrected chi connectivity index (χ3v) is 3.64. The van der Waals surface area contributed by atoms with E-state index in [1.54, 1.807) is 24.3 Å². The fraction of sp³-hybridized carbons (Fsp3) is 0.462. The van der Waals surface area contributed by atoms with Crippen molar-refractivity contribution in [1.29, 1.82) is 0 Å². The van der Waals surface area contributed by atoms with Gasteiger partial charge in [0.25, 0.3) is 5.91 Å². The first-order chi connectivity index (χ1) is 8.61. The molecule has 0 bridgehead atoms. The van der Waals surface area contributed by atoms with Gasteiger partial charge in [0, 0.05) is 42.8 Å². The summed E-state index contributed by atoms with van der Waals surface area (Å²) in [5, 5.41) is 0.588. The lowest BCUT2D eigenvalue weighted by atomic mass is 10.1. The molecule has 1 aromatic rings. The van der Waals surface area contributed by atoms with E-state index < -0.39 is 0 Å². The monoisotopic (exact) mass is 267 g/mol. The maximum atomic E-state index is 12.3. The first kappa shape index (κ1) is 13.3. The third-order valence-electron chi connectivity index (χ3n) is 3.41. The molecule has 5 heteroatoms. The second-order valence-corrected chi connectivity index (χ2v) is 5.07. The smallest absolute Gasteiger partial charge is 0.254 e. The molecule has 98 valence electrons. The minimum Gasteiger partial charge on any atom is -0.336 e. The van der Waals surface area contributed by atoms with Crippen LogP contribution in [0.25, 0.3) is 0 Å². The Kier molecular flexibility index (Phi) is 4.22. The predicted molar refractivity (Wildman–Crippen MR) is 72.8 cm³/mol. The van der Waals surface area contributed by atoms with Crippen molar-refractivity contribution in [2.75, 3.05) is 33.2 Å². The summed E-state index contributed by atoms with van der Waals surface area (Å²) in [6.45, 7) is 2.83. The number of amides is 1. The Morgan fingerprint density at radius 2 is 2.28 bits per heavy atom. The van der Waals surface area contributed by atoms with Crippen LogP contribution in [0, 0.1) is 0 Å². The standard InChI is InChI=1S/C13H18ClN3O/c1-16-5-6-17(9-12(16)8-15)13(18)10-3-2-4-11(14)7-10/h2-4,7,12H,5-6,8-9,15H2,1H3. The van der Waals surface area contributed by atoms with Gasteiger partial charge in [0.1, 0.15) is 0 Å². The van der Waals surface area contributed by atoms with Gasteiger partial charge in [-0.3, -0.25) is 9.69 Å². The van der Waals surface area contributed by atoms with Crippen LogP contribution < -0.4 is 5.73 Å². The number of rotatable bonds is 2. The number of nitrogens with zero attached hydrogens (tertiary/aromatic N) is 2. The number of likely N-dealkylation sites (N-methyl/N-ethyl adjacent to an activating group) is 1. The normalized spacial score (nSPS) is 21.1.